The van der Waals surface area contributed by atoms with Crippen LogP contribution in [0.5, 0.6) is 5.88 Å². The third-order valence-corrected chi connectivity index (χ3v) is 5.04. The van der Waals surface area contributed by atoms with Crippen molar-refractivity contribution in [1.82, 2.24) is 19.5 Å². The van der Waals surface area contributed by atoms with Crippen LogP contribution >= 0.6 is 11.6 Å². The Morgan fingerprint density at radius 1 is 1.47 bits per heavy atom. The van der Waals surface area contributed by atoms with E-state index >= 15 is 0 Å². The molecular formula is C19H17ClFN5O4. The van der Waals surface area contributed by atoms with Crippen molar-refractivity contribution < 1.29 is 23.5 Å². The normalized spacial score (nSPS) is 22.4. The Morgan fingerprint density at radius 3 is 3.03 bits per heavy atom. The minimum Gasteiger partial charge on any atom is -0.443 e. The molecule has 2 aliphatic rings. The zero-order chi connectivity index (χ0) is 21.4. The van der Waals surface area contributed by atoms with E-state index in [9.17, 15) is 14.0 Å². The third-order valence-electron chi connectivity index (χ3n) is 4.65. The van der Waals surface area contributed by atoms with Gasteiger partial charge in [-0.15, -0.1) is 0 Å². The van der Waals surface area contributed by atoms with Crippen molar-refractivity contribution >= 4 is 29.1 Å². The van der Waals surface area contributed by atoms with E-state index in [1.807, 2.05) is 0 Å². The van der Waals surface area contributed by atoms with Gasteiger partial charge in [0.2, 0.25) is 11.8 Å². The summed E-state index contributed by atoms with van der Waals surface area (Å²) in [5.41, 5.74) is 6.02. The van der Waals surface area contributed by atoms with Crippen molar-refractivity contribution in [3.63, 3.8) is 0 Å². The number of rotatable bonds is 2. The zero-order valence-corrected chi connectivity index (χ0v) is 16.6. The summed E-state index contributed by atoms with van der Waals surface area (Å²) in [5, 5.41) is 3.97. The zero-order valence-electron chi connectivity index (χ0n) is 15.8. The minimum absolute atomic E-state index is 0.0338. The first-order valence-corrected chi connectivity index (χ1v) is 9.39. The molecule has 1 atom stereocenters. The molecule has 2 N–H and O–H groups in total. The summed E-state index contributed by atoms with van der Waals surface area (Å²) in [6.45, 7) is 1.40. The molecule has 0 saturated carbocycles. The first kappa shape index (κ1) is 20.0. The molecular weight excluding hydrogens is 417 g/mol. The summed E-state index contributed by atoms with van der Waals surface area (Å²) in [6, 6.07) is 1.54. The molecule has 2 aromatic rings. The number of primary amides is 1. The van der Waals surface area contributed by atoms with Gasteiger partial charge >= 0.3 is 0 Å². The fourth-order valence-corrected chi connectivity index (χ4v) is 3.56. The number of hydrogen-bond acceptors (Lipinski definition) is 6. The largest absolute Gasteiger partial charge is 0.443 e. The number of allylic oxidation sites excluding steroid dienone is 3. The summed E-state index contributed by atoms with van der Waals surface area (Å²) >= 11 is 6.19. The summed E-state index contributed by atoms with van der Waals surface area (Å²) in [6.07, 6.45) is 4.91. The van der Waals surface area contributed by atoms with Gasteiger partial charge in [0, 0.05) is 24.4 Å². The number of hydrogen-bond donors (Lipinski definition) is 1. The molecule has 2 aromatic heterocycles. The van der Waals surface area contributed by atoms with Crippen molar-refractivity contribution in [3.8, 4) is 5.88 Å². The topological polar surface area (TPSA) is 112 Å². The summed E-state index contributed by atoms with van der Waals surface area (Å²) in [5.74, 6) is -1.33. The van der Waals surface area contributed by atoms with E-state index in [-0.39, 0.29) is 41.8 Å². The molecule has 3 heterocycles. The first-order valence-electron chi connectivity index (χ1n) is 9.01. The van der Waals surface area contributed by atoms with Gasteiger partial charge < -0.3 is 20.1 Å². The number of ether oxygens (including phenoxy) is 2. The molecule has 0 fully saturated rings. The van der Waals surface area contributed by atoms with E-state index in [1.54, 1.807) is 19.2 Å². The number of nitrogens with two attached hydrogens (primary N) is 1. The second-order valence-corrected chi connectivity index (χ2v) is 7.05. The fraction of sp³-hybridized carbons (Fsp3) is 0.263. The van der Waals surface area contributed by atoms with Gasteiger partial charge in [-0.1, -0.05) is 11.6 Å². The molecule has 0 radical (unpaired) electrons. The van der Waals surface area contributed by atoms with E-state index in [0.717, 1.165) is 0 Å². The van der Waals surface area contributed by atoms with Crippen molar-refractivity contribution in [1.29, 1.82) is 0 Å². The van der Waals surface area contributed by atoms with Gasteiger partial charge in [-0.25, -0.2) is 8.91 Å². The predicted molar refractivity (Wildman–Crippen MR) is 104 cm³/mol. The van der Waals surface area contributed by atoms with Crippen LogP contribution in [0.3, 0.4) is 0 Å². The van der Waals surface area contributed by atoms with Crippen LogP contribution in [0.2, 0.25) is 0 Å². The van der Waals surface area contributed by atoms with Crippen LogP contribution < -0.4 is 10.5 Å². The molecule has 0 aromatic carbocycles. The van der Waals surface area contributed by atoms with Crippen LogP contribution in [0.25, 0.3) is 5.65 Å². The monoisotopic (exact) mass is 433 g/mol. The standard InChI is InChI=1S/C19H17ClFN5O4/c1-10-16-13(3-2-12(21)17(16)20)29-7-6-25(9-14(22)27)19(28)11-8-23-26-5-4-15(30-10)24-18(11)26/h2-5,8,13H,6-7,9H2,1H3,(H2,22,27)/b16-10+. The van der Waals surface area contributed by atoms with Crippen LogP contribution in [0, 0.1) is 0 Å². The predicted octanol–water partition coefficient (Wildman–Crippen LogP) is 1.70. The van der Waals surface area contributed by atoms with Gasteiger partial charge in [0.15, 0.2) is 5.65 Å². The highest BCUT2D eigenvalue weighted by atomic mass is 35.5. The number of halogens is 2. The first-order chi connectivity index (χ1) is 14.3. The number of fused-ring (bicyclic) bond motifs is 2. The van der Waals surface area contributed by atoms with Gasteiger partial charge in [0.1, 0.15) is 23.3 Å². The lowest BCUT2D eigenvalue weighted by Crippen LogP contribution is -2.41. The Hall–Kier alpha value is -3.24. The molecule has 2 amide bonds. The highest BCUT2D eigenvalue weighted by molar-refractivity contribution is 6.32. The van der Waals surface area contributed by atoms with Crippen LogP contribution in [0.15, 0.2) is 52.8 Å². The van der Waals surface area contributed by atoms with Crippen molar-refractivity contribution in [2.75, 3.05) is 19.7 Å². The number of carbonyl (C=O) groups excluding carboxylic acids is 2. The summed E-state index contributed by atoms with van der Waals surface area (Å²) < 4.78 is 27.1. The molecule has 4 rings (SSSR count). The van der Waals surface area contributed by atoms with E-state index in [4.69, 9.17) is 26.8 Å². The van der Waals surface area contributed by atoms with Gasteiger partial charge in [-0.05, 0) is 19.1 Å². The lowest BCUT2D eigenvalue weighted by molar-refractivity contribution is -0.118. The van der Waals surface area contributed by atoms with E-state index < -0.39 is 23.7 Å². The Bertz CT molecular complexity index is 1140. The highest BCUT2D eigenvalue weighted by Gasteiger charge is 2.28. The molecule has 1 aliphatic carbocycles. The summed E-state index contributed by atoms with van der Waals surface area (Å²) in [4.78, 5) is 30.1. The Morgan fingerprint density at radius 2 is 2.27 bits per heavy atom. The van der Waals surface area contributed by atoms with Crippen LogP contribution in [0.1, 0.15) is 17.3 Å². The molecule has 2 bridgehead atoms. The lowest BCUT2D eigenvalue weighted by Gasteiger charge is -2.25. The van der Waals surface area contributed by atoms with Crippen LogP contribution in [-0.2, 0) is 9.53 Å². The highest BCUT2D eigenvalue weighted by Crippen LogP contribution is 2.34. The number of amides is 2. The van der Waals surface area contributed by atoms with Crippen molar-refractivity contribution in [2.45, 2.75) is 13.0 Å². The van der Waals surface area contributed by atoms with E-state index in [1.165, 1.54) is 27.8 Å². The Balaban J connectivity index is 1.84. The van der Waals surface area contributed by atoms with E-state index in [0.29, 0.717) is 11.3 Å². The number of nitrogens with zero attached hydrogens (tertiary/aromatic N) is 4. The SMILES string of the molecule is C/C1=C2\C(Cl)=C(F)C=CC2OCCN(CC(N)=O)C(=O)c2cnn3ccc(nc23)O1. The number of aromatic nitrogens is 3. The average molecular weight is 434 g/mol. The number of carbonyl (C=O) groups is 2. The fourth-order valence-electron chi connectivity index (χ4n) is 3.26. The van der Waals surface area contributed by atoms with Crippen LogP contribution in [-0.4, -0.2) is 57.1 Å². The second-order valence-electron chi connectivity index (χ2n) is 6.67. The van der Waals surface area contributed by atoms with Crippen LogP contribution in [0.4, 0.5) is 4.39 Å². The van der Waals surface area contributed by atoms with Gasteiger partial charge in [0.05, 0.1) is 24.4 Å². The smallest absolute Gasteiger partial charge is 0.259 e. The molecule has 0 saturated heterocycles. The molecule has 9 nitrogen and oxygen atoms in total. The maximum atomic E-state index is 14.1. The summed E-state index contributed by atoms with van der Waals surface area (Å²) in [7, 11) is 0. The van der Waals surface area contributed by atoms with Gasteiger partial charge in [0.25, 0.3) is 5.91 Å². The molecule has 156 valence electrons. The minimum atomic E-state index is -0.714. The molecule has 0 spiro atoms. The third kappa shape index (κ3) is 3.66. The van der Waals surface area contributed by atoms with Crippen molar-refractivity contribution in [3.05, 3.63) is 58.4 Å². The van der Waals surface area contributed by atoms with E-state index in [2.05, 4.69) is 10.1 Å². The second kappa shape index (κ2) is 7.88. The molecule has 30 heavy (non-hydrogen) atoms. The maximum Gasteiger partial charge on any atom is 0.259 e. The Labute approximate surface area is 175 Å². The van der Waals surface area contributed by atoms with Gasteiger partial charge in [-0.3, -0.25) is 9.59 Å². The molecule has 11 heteroatoms. The quantitative estimate of drug-likeness (QED) is 0.771. The van der Waals surface area contributed by atoms with Crippen molar-refractivity contribution in [2.24, 2.45) is 5.73 Å². The Kier molecular flexibility index (Phi) is 5.27. The molecule has 1 aliphatic heterocycles. The lowest BCUT2D eigenvalue weighted by atomic mass is 10.0. The average Bonchev–Trinajstić information content (AvgIpc) is 3.11. The molecule has 1 unspecified atom stereocenters. The maximum absolute atomic E-state index is 14.1. The van der Waals surface area contributed by atoms with Gasteiger partial charge in [-0.2, -0.15) is 10.1 Å².